The molecule has 1 aromatic carbocycles. The molecule has 0 radical (unpaired) electrons. The van der Waals surface area contributed by atoms with E-state index in [1.165, 1.54) is 5.56 Å². The lowest BCUT2D eigenvalue weighted by molar-refractivity contribution is -0.885. The first-order chi connectivity index (χ1) is 12.0. The highest BCUT2D eigenvalue weighted by atomic mass is 16.4. The molecule has 0 bridgehead atoms. The van der Waals surface area contributed by atoms with Crippen LogP contribution < -0.4 is 15.8 Å². The topological polar surface area (TPSA) is 63.8 Å². The highest BCUT2D eigenvalue weighted by Gasteiger charge is 2.19. The summed E-state index contributed by atoms with van der Waals surface area (Å²) in [5, 5.41) is 3.93. The van der Waals surface area contributed by atoms with Crippen LogP contribution in [-0.4, -0.2) is 25.0 Å². The van der Waals surface area contributed by atoms with Crippen molar-refractivity contribution in [3.8, 4) is 0 Å². The third kappa shape index (κ3) is 5.18. The maximum absolute atomic E-state index is 12.2. The van der Waals surface area contributed by atoms with Gasteiger partial charge in [-0.15, -0.1) is 0 Å². The van der Waals surface area contributed by atoms with E-state index < -0.39 is 0 Å². The lowest BCUT2D eigenvalue weighted by Gasteiger charge is -2.22. The molecule has 1 amide bonds. The van der Waals surface area contributed by atoms with Gasteiger partial charge in [0, 0.05) is 22.6 Å². The van der Waals surface area contributed by atoms with Gasteiger partial charge in [0.2, 0.25) is 0 Å². The zero-order valence-corrected chi connectivity index (χ0v) is 16.9. The number of nitrogens with one attached hydrogen (secondary N) is 2. The molecule has 0 aliphatic heterocycles. The molecule has 1 heterocycles. The van der Waals surface area contributed by atoms with Crippen LogP contribution in [0.15, 0.2) is 27.4 Å². The number of fused-ring (bicyclic) bond motifs is 1. The summed E-state index contributed by atoms with van der Waals surface area (Å²) in [6.45, 7) is 13.2. The Labute approximate surface area is 155 Å². The molecule has 0 saturated heterocycles. The monoisotopic (exact) mass is 359 g/mol. The van der Waals surface area contributed by atoms with Gasteiger partial charge >= 0.3 is 5.63 Å². The highest BCUT2D eigenvalue weighted by molar-refractivity contribution is 5.82. The van der Waals surface area contributed by atoms with E-state index in [1.54, 1.807) is 6.07 Å². The summed E-state index contributed by atoms with van der Waals surface area (Å²) in [6, 6.07) is 5.61. The first-order valence-corrected chi connectivity index (χ1v) is 9.16. The molecule has 2 N–H and O–H groups in total. The zero-order valence-electron chi connectivity index (χ0n) is 16.9. The van der Waals surface area contributed by atoms with E-state index >= 15 is 0 Å². The van der Waals surface area contributed by atoms with E-state index in [2.05, 4.69) is 25.2 Å². The molecule has 1 atom stereocenters. The van der Waals surface area contributed by atoms with Crippen LogP contribution in [0.4, 0.5) is 0 Å². The first kappa shape index (κ1) is 20.2. The molecular formula is C21H31N2O3+. The number of amides is 1. The van der Waals surface area contributed by atoms with E-state index in [4.69, 9.17) is 4.42 Å². The Morgan fingerprint density at radius 1 is 1.23 bits per heavy atom. The van der Waals surface area contributed by atoms with Gasteiger partial charge < -0.3 is 14.6 Å². The molecule has 5 heteroatoms. The molecule has 26 heavy (non-hydrogen) atoms. The van der Waals surface area contributed by atoms with E-state index in [-0.39, 0.29) is 17.1 Å². The minimum atomic E-state index is -0.351. The molecule has 0 fully saturated rings. The number of hydrogen-bond donors (Lipinski definition) is 2. The van der Waals surface area contributed by atoms with Crippen molar-refractivity contribution >= 4 is 16.9 Å². The zero-order chi connectivity index (χ0) is 19.6. The third-order valence-electron chi connectivity index (χ3n) is 4.31. The number of benzene rings is 1. The van der Waals surface area contributed by atoms with Crippen LogP contribution in [0.2, 0.25) is 0 Å². The standard InChI is InChI=1S/C21H30N2O3/c1-13(2)16-10-17-15(9-20(25)26-18(17)8-14(16)3)11-23(7)12-19(24)22-21(4,5)6/h8-10,13H,11-12H2,1-7H3,(H,22,24)/p+1. The van der Waals surface area contributed by atoms with Crippen molar-refractivity contribution in [2.75, 3.05) is 13.6 Å². The van der Waals surface area contributed by atoms with Crippen LogP contribution >= 0.6 is 0 Å². The SMILES string of the molecule is Cc1cc2oc(=O)cc(C[NH+](C)CC(=O)NC(C)(C)C)c2cc1C(C)C. The Bertz CT molecular complexity index is 860. The largest absolute Gasteiger partial charge is 0.423 e. The number of aryl methyl sites for hydroxylation is 1. The summed E-state index contributed by atoms with van der Waals surface area (Å²) >= 11 is 0. The van der Waals surface area contributed by atoms with Gasteiger partial charge in [0.05, 0.1) is 7.05 Å². The third-order valence-corrected chi connectivity index (χ3v) is 4.31. The van der Waals surface area contributed by atoms with Crippen LogP contribution in [0, 0.1) is 6.92 Å². The van der Waals surface area contributed by atoms with Crippen molar-refractivity contribution in [3.05, 3.63) is 45.3 Å². The lowest BCUT2D eigenvalue weighted by atomic mass is 9.95. The molecule has 2 rings (SSSR count). The summed E-state index contributed by atoms with van der Waals surface area (Å²) in [5.74, 6) is 0.391. The summed E-state index contributed by atoms with van der Waals surface area (Å²) in [7, 11) is 1.96. The van der Waals surface area contributed by atoms with Crippen LogP contribution in [0.3, 0.4) is 0 Å². The predicted octanol–water partition coefficient (Wildman–Crippen LogP) is 2.15. The minimum absolute atomic E-state index is 0.000912. The quantitative estimate of drug-likeness (QED) is 0.804. The highest BCUT2D eigenvalue weighted by Crippen LogP contribution is 2.26. The fourth-order valence-electron chi connectivity index (χ4n) is 3.28. The maximum atomic E-state index is 12.2. The average molecular weight is 359 g/mol. The van der Waals surface area contributed by atoms with E-state index in [0.29, 0.717) is 24.6 Å². The number of rotatable bonds is 5. The summed E-state index contributed by atoms with van der Waals surface area (Å²) in [5.41, 5.74) is 3.30. The van der Waals surface area contributed by atoms with E-state index in [1.807, 2.05) is 40.8 Å². The second-order valence-corrected chi connectivity index (χ2v) is 8.56. The summed E-state index contributed by atoms with van der Waals surface area (Å²) in [4.78, 5) is 25.2. The second kappa shape index (κ2) is 7.62. The minimum Gasteiger partial charge on any atom is -0.423 e. The van der Waals surface area contributed by atoms with Crippen LogP contribution in [0.5, 0.6) is 0 Å². The molecule has 0 saturated carbocycles. The smallest absolute Gasteiger partial charge is 0.336 e. The Kier molecular flexibility index (Phi) is 5.91. The molecule has 0 spiro atoms. The molecule has 1 aromatic heterocycles. The van der Waals surface area contributed by atoms with Crippen LogP contribution in [-0.2, 0) is 11.3 Å². The average Bonchev–Trinajstić information content (AvgIpc) is 2.43. The molecular weight excluding hydrogens is 328 g/mol. The Balaban J connectivity index is 2.32. The van der Waals surface area contributed by atoms with Gasteiger partial charge in [0.1, 0.15) is 12.1 Å². The second-order valence-electron chi connectivity index (χ2n) is 8.56. The first-order valence-electron chi connectivity index (χ1n) is 9.16. The van der Waals surface area contributed by atoms with Crippen molar-refractivity contribution in [2.45, 2.75) is 59.5 Å². The van der Waals surface area contributed by atoms with Crippen molar-refractivity contribution in [3.63, 3.8) is 0 Å². The number of likely N-dealkylation sites (N-methyl/N-ethyl adjacent to an activating group) is 1. The molecule has 2 aromatic rings. The summed E-state index contributed by atoms with van der Waals surface area (Å²) in [6.07, 6.45) is 0. The predicted molar refractivity (Wildman–Crippen MR) is 105 cm³/mol. The molecule has 0 aliphatic carbocycles. The maximum Gasteiger partial charge on any atom is 0.336 e. The van der Waals surface area contributed by atoms with Gasteiger partial charge in [-0.05, 0) is 56.9 Å². The molecule has 142 valence electrons. The van der Waals surface area contributed by atoms with Gasteiger partial charge in [-0.1, -0.05) is 13.8 Å². The van der Waals surface area contributed by atoms with Gasteiger partial charge in [0.25, 0.3) is 5.91 Å². The lowest BCUT2D eigenvalue weighted by Crippen LogP contribution is -3.09. The van der Waals surface area contributed by atoms with Crippen molar-refractivity contribution in [1.82, 2.24) is 5.32 Å². The number of hydrogen-bond acceptors (Lipinski definition) is 3. The van der Waals surface area contributed by atoms with Gasteiger partial charge in [0.15, 0.2) is 6.54 Å². The Morgan fingerprint density at radius 3 is 2.46 bits per heavy atom. The number of quaternary nitrogens is 1. The molecule has 0 aliphatic rings. The number of carbonyl (C=O) groups is 1. The number of carbonyl (C=O) groups excluding carboxylic acids is 1. The van der Waals surface area contributed by atoms with E-state index in [0.717, 1.165) is 21.4 Å². The molecule has 5 nitrogen and oxygen atoms in total. The van der Waals surface area contributed by atoms with E-state index in [9.17, 15) is 9.59 Å². The molecule has 1 unspecified atom stereocenters. The van der Waals surface area contributed by atoms with Crippen molar-refractivity contribution in [2.24, 2.45) is 0 Å². The fraction of sp³-hybridized carbons (Fsp3) is 0.524. The Morgan fingerprint density at radius 2 is 1.88 bits per heavy atom. The van der Waals surface area contributed by atoms with Crippen molar-refractivity contribution in [1.29, 1.82) is 0 Å². The summed E-state index contributed by atoms with van der Waals surface area (Å²) < 4.78 is 5.40. The van der Waals surface area contributed by atoms with Gasteiger partial charge in [-0.25, -0.2) is 4.79 Å². The van der Waals surface area contributed by atoms with Crippen LogP contribution in [0.25, 0.3) is 11.0 Å². The van der Waals surface area contributed by atoms with Crippen molar-refractivity contribution < 1.29 is 14.1 Å². The normalized spacial score (nSPS) is 13.2. The fourth-order valence-corrected chi connectivity index (χ4v) is 3.28. The van der Waals surface area contributed by atoms with Gasteiger partial charge in [-0.2, -0.15) is 0 Å². The van der Waals surface area contributed by atoms with Crippen LogP contribution in [0.1, 0.15) is 57.2 Å². The Hall–Kier alpha value is -2.14. The van der Waals surface area contributed by atoms with Gasteiger partial charge in [-0.3, -0.25) is 4.79 Å².